The van der Waals surface area contributed by atoms with Crippen LogP contribution < -0.4 is 0 Å². The van der Waals surface area contributed by atoms with Crippen molar-refractivity contribution in [3.05, 3.63) is 40.9 Å². The van der Waals surface area contributed by atoms with Crippen molar-refractivity contribution in [1.29, 1.82) is 0 Å². The average molecular weight is 292 g/mol. The van der Waals surface area contributed by atoms with Gasteiger partial charge in [-0.15, -0.1) is 0 Å². The second kappa shape index (κ2) is 8.49. The minimum absolute atomic E-state index is 0.709. The second-order valence-corrected chi connectivity index (χ2v) is 6.26. The summed E-state index contributed by atoms with van der Waals surface area (Å²) >= 11 is 5.91. The lowest BCUT2D eigenvalue weighted by atomic mass is 9.96. The van der Waals surface area contributed by atoms with Crippen molar-refractivity contribution in [2.75, 3.05) is 19.6 Å². The van der Waals surface area contributed by atoms with Crippen LogP contribution in [0.1, 0.15) is 44.6 Å². The number of benzene rings is 1. The van der Waals surface area contributed by atoms with E-state index in [4.69, 9.17) is 11.6 Å². The van der Waals surface area contributed by atoms with Crippen molar-refractivity contribution < 1.29 is 0 Å². The van der Waals surface area contributed by atoms with Crippen LogP contribution in [0.25, 0.3) is 6.08 Å². The Labute approximate surface area is 128 Å². The van der Waals surface area contributed by atoms with E-state index < -0.39 is 0 Å². The molecule has 110 valence electrons. The minimum atomic E-state index is 0.709. The van der Waals surface area contributed by atoms with Crippen LogP contribution in [-0.4, -0.2) is 24.5 Å². The zero-order valence-electron chi connectivity index (χ0n) is 12.5. The van der Waals surface area contributed by atoms with Gasteiger partial charge >= 0.3 is 0 Å². The molecule has 0 spiro atoms. The first-order valence-electron chi connectivity index (χ1n) is 7.94. The highest BCUT2D eigenvalue weighted by Crippen LogP contribution is 2.20. The fraction of sp³-hybridized carbons (Fsp3) is 0.556. The summed E-state index contributed by atoms with van der Waals surface area (Å²) in [5, 5.41) is 0.807. The summed E-state index contributed by atoms with van der Waals surface area (Å²) in [5.41, 5.74) is 1.25. The predicted molar refractivity (Wildman–Crippen MR) is 89.2 cm³/mol. The lowest BCUT2D eigenvalue weighted by molar-refractivity contribution is 0.194. The van der Waals surface area contributed by atoms with Gasteiger partial charge in [-0.1, -0.05) is 55.7 Å². The number of halogens is 1. The Morgan fingerprint density at radius 1 is 1.25 bits per heavy atom. The number of hydrogen-bond acceptors (Lipinski definition) is 1. The van der Waals surface area contributed by atoms with Gasteiger partial charge in [-0.2, -0.15) is 0 Å². The standard InChI is InChI=1S/C18H26ClN/c1-2-3-4-13-20-14-5-6-17(15-20)8-7-16-9-11-18(19)12-10-16/h7-12,17H,2-6,13-15H2,1H3/b8-7+. The highest BCUT2D eigenvalue weighted by molar-refractivity contribution is 6.30. The van der Waals surface area contributed by atoms with Crippen LogP contribution in [-0.2, 0) is 0 Å². The first-order valence-corrected chi connectivity index (χ1v) is 8.32. The Kier molecular flexibility index (Phi) is 6.62. The molecule has 1 saturated heterocycles. The maximum absolute atomic E-state index is 5.91. The number of rotatable bonds is 6. The van der Waals surface area contributed by atoms with Crippen molar-refractivity contribution in [3.63, 3.8) is 0 Å². The Morgan fingerprint density at radius 3 is 2.80 bits per heavy atom. The highest BCUT2D eigenvalue weighted by atomic mass is 35.5. The van der Waals surface area contributed by atoms with E-state index in [1.54, 1.807) is 0 Å². The van der Waals surface area contributed by atoms with Crippen LogP contribution in [0.15, 0.2) is 30.3 Å². The topological polar surface area (TPSA) is 3.24 Å². The van der Waals surface area contributed by atoms with Gasteiger partial charge in [0.25, 0.3) is 0 Å². The van der Waals surface area contributed by atoms with E-state index in [1.807, 2.05) is 12.1 Å². The van der Waals surface area contributed by atoms with Gasteiger partial charge in [-0.05, 0) is 56.0 Å². The lowest BCUT2D eigenvalue weighted by Crippen LogP contribution is -2.35. The Balaban J connectivity index is 1.81. The molecule has 1 unspecified atom stereocenters. The third-order valence-electron chi connectivity index (χ3n) is 4.05. The SMILES string of the molecule is CCCCCN1CCCC(/C=C/c2ccc(Cl)cc2)C1. The van der Waals surface area contributed by atoms with Gasteiger partial charge in [0, 0.05) is 11.6 Å². The maximum atomic E-state index is 5.91. The van der Waals surface area contributed by atoms with Gasteiger partial charge in [0.2, 0.25) is 0 Å². The molecule has 2 heteroatoms. The molecule has 1 aromatic carbocycles. The molecular formula is C18H26ClN. The first-order chi connectivity index (χ1) is 9.78. The van der Waals surface area contributed by atoms with Crippen LogP contribution in [0.3, 0.4) is 0 Å². The van der Waals surface area contributed by atoms with E-state index in [2.05, 4.69) is 36.1 Å². The largest absolute Gasteiger partial charge is 0.303 e. The fourth-order valence-electron chi connectivity index (χ4n) is 2.86. The Bertz CT molecular complexity index is 410. The summed E-state index contributed by atoms with van der Waals surface area (Å²) in [6.07, 6.45) is 11.3. The summed E-state index contributed by atoms with van der Waals surface area (Å²) in [4.78, 5) is 2.63. The molecule has 1 aliphatic rings. The van der Waals surface area contributed by atoms with E-state index in [0.29, 0.717) is 5.92 Å². The maximum Gasteiger partial charge on any atom is 0.0406 e. The first kappa shape index (κ1) is 15.6. The molecule has 1 heterocycles. The number of nitrogens with zero attached hydrogens (tertiary/aromatic N) is 1. The van der Waals surface area contributed by atoms with Crippen molar-refractivity contribution in [2.24, 2.45) is 5.92 Å². The molecule has 0 bridgehead atoms. The van der Waals surface area contributed by atoms with Crippen LogP contribution in [0.5, 0.6) is 0 Å². The molecule has 0 N–H and O–H groups in total. The summed E-state index contributed by atoms with van der Waals surface area (Å²) in [7, 11) is 0. The minimum Gasteiger partial charge on any atom is -0.303 e. The van der Waals surface area contributed by atoms with Crippen LogP contribution in [0.4, 0.5) is 0 Å². The molecule has 2 rings (SSSR count). The molecule has 0 aromatic heterocycles. The number of likely N-dealkylation sites (tertiary alicyclic amines) is 1. The Morgan fingerprint density at radius 2 is 2.05 bits per heavy atom. The zero-order chi connectivity index (χ0) is 14.2. The quantitative estimate of drug-likeness (QED) is 0.647. The molecular weight excluding hydrogens is 266 g/mol. The van der Waals surface area contributed by atoms with E-state index in [0.717, 1.165) is 5.02 Å². The van der Waals surface area contributed by atoms with E-state index in [9.17, 15) is 0 Å². The van der Waals surface area contributed by atoms with Gasteiger partial charge in [-0.25, -0.2) is 0 Å². The summed E-state index contributed by atoms with van der Waals surface area (Å²) < 4.78 is 0. The molecule has 1 aromatic rings. The molecule has 1 fully saturated rings. The molecule has 1 atom stereocenters. The number of piperidine rings is 1. The van der Waals surface area contributed by atoms with Gasteiger partial charge in [0.1, 0.15) is 0 Å². The van der Waals surface area contributed by atoms with E-state index in [-0.39, 0.29) is 0 Å². The molecule has 20 heavy (non-hydrogen) atoms. The fourth-order valence-corrected chi connectivity index (χ4v) is 2.98. The lowest BCUT2D eigenvalue weighted by Gasteiger charge is -2.31. The zero-order valence-corrected chi connectivity index (χ0v) is 13.3. The van der Waals surface area contributed by atoms with Gasteiger partial charge in [0.15, 0.2) is 0 Å². The summed E-state index contributed by atoms with van der Waals surface area (Å²) in [6, 6.07) is 8.08. The van der Waals surface area contributed by atoms with Gasteiger partial charge in [-0.3, -0.25) is 0 Å². The number of hydrogen-bond donors (Lipinski definition) is 0. The van der Waals surface area contributed by atoms with Crippen molar-refractivity contribution in [3.8, 4) is 0 Å². The molecule has 0 radical (unpaired) electrons. The van der Waals surface area contributed by atoms with E-state index >= 15 is 0 Å². The predicted octanol–water partition coefficient (Wildman–Crippen LogP) is 5.26. The van der Waals surface area contributed by atoms with Gasteiger partial charge < -0.3 is 4.90 Å². The van der Waals surface area contributed by atoms with Gasteiger partial charge in [0.05, 0.1) is 0 Å². The van der Waals surface area contributed by atoms with Crippen molar-refractivity contribution >= 4 is 17.7 Å². The van der Waals surface area contributed by atoms with Crippen LogP contribution in [0, 0.1) is 5.92 Å². The monoisotopic (exact) mass is 291 g/mol. The second-order valence-electron chi connectivity index (χ2n) is 5.82. The summed E-state index contributed by atoms with van der Waals surface area (Å²) in [5.74, 6) is 0.709. The normalized spacial score (nSPS) is 20.6. The number of unbranched alkanes of at least 4 members (excludes halogenated alkanes) is 2. The van der Waals surface area contributed by atoms with Crippen molar-refractivity contribution in [2.45, 2.75) is 39.0 Å². The third kappa shape index (κ3) is 5.30. The molecule has 1 nitrogen and oxygen atoms in total. The molecule has 1 aliphatic heterocycles. The molecule has 0 amide bonds. The van der Waals surface area contributed by atoms with E-state index in [1.165, 1.54) is 57.3 Å². The highest BCUT2D eigenvalue weighted by Gasteiger charge is 2.16. The van der Waals surface area contributed by atoms with Crippen LogP contribution in [0.2, 0.25) is 5.02 Å². The summed E-state index contributed by atoms with van der Waals surface area (Å²) in [6.45, 7) is 6.07. The van der Waals surface area contributed by atoms with Crippen molar-refractivity contribution in [1.82, 2.24) is 4.90 Å². The molecule has 0 saturated carbocycles. The third-order valence-corrected chi connectivity index (χ3v) is 4.30. The average Bonchev–Trinajstić information content (AvgIpc) is 2.47. The Hall–Kier alpha value is -0.790. The molecule has 0 aliphatic carbocycles. The van der Waals surface area contributed by atoms with Crippen LogP contribution >= 0.6 is 11.6 Å². The smallest absolute Gasteiger partial charge is 0.0406 e.